The molecule has 0 bridgehead atoms. The highest BCUT2D eigenvalue weighted by atomic mass is 14.8. The van der Waals surface area contributed by atoms with E-state index in [0.717, 1.165) is 118 Å². The van der Waals surface area contributed by atoms with Crippen molar-refractivity contribution in [3.05, 3.63) is 0 Å². The molecular weight excluding hydrogens is 589 g/mol. The molecule has 0 aliphatic heterocycles. The van der Waals surface area contributed by atoms with Crippen molar-refractivity contribution in [1.82, 2.24) is 0 Å². The maximum absolute atomic E-state index is 2.76. The number of rotatable bonds is 8. The van der Waals surface area contributed by atoms with Crippen LogP contribution in [0.15, 0.2) is 0 Å². The molecule has 0 radical (unpaired) electrons. The molecule has 0 heterocycles. The highest BCUT2D eigenvalue weighted by Gasteiger charge is 2.73. The van der Waals surface area contributed by atoms with Crippen LogP contribution in [0.25, 0.3) is 0 Å². The van der Waals surface area contributed by atoms with Crippen LogP contribution in [-0.4, -0.2) is 0 Å². The van der Waals surface area contributed by atoms with Crippen LogP contribution in [0.2, 0.25) is 0 Å². The van der Waals surface area contributed by atoms with Gasteiger partial charge in [0.25, 0.3) is 0 Å². The monoisotopic (exact) mass is 673 g/mol. The molecule has 0 aromatic heterocycles. The van der Waals surface area contributed by atoms with Gasteiger partial charge in [0.1, 0.15) is 0 Å². The van der Waals surface area contributed by atoms with Gasteiger partial charge in [0, 0.05) is 0 Å². The average Bonchev–Trinajstić information content (AvgIpc) is 3.60. The Morgan fingerprint density at radius 2 is 1.10 bits per heavy atom. The van der Waals surface area contributed by atoms with Crippen molar-refractivity contribution in [2.75, 3.05) is 0 Å². The predicted molar refractivity (Wildman–Crippen MR) is 210 cm³/mol. The summed E-state index contributed by atoms with van der Waals surface area (Å²) in [6.45, 7) is 21.2. The molecule has 1 spiro atoms. The van der Waals surface area contributed by atoms with Crippen molar-refractivity contribution in [1.29, 1.82) is 0 Å². The lowest BCUT2D eigenvalue weighted by Gasteiger charge is -2.62. The topological polar surface area (TPSA) is 0 Å². The Kier molecular flexibility index (Phi) is 10.5. The van der Waals surface area contributed by atoms with E-state index in [2.05, 4.69) is 55.4 Å². The van der Waals surface area contributed by atoms with Gasteiger partial charge in [-0.3, -0.25) is 0 Å². The van der Waals surface area contributed by atoms with Gasteiger partial charge in [0.2, 0.25) is 0 Å². The third kappa shape index (κ3) is 5.66. The summed E-state index contributed by atoms with van der Waals surface area (Å²) in [5.74, 6) is 20.6. The van der Waals surface area contributed by atoms with Crippen molar-refractivity contribution in [3.8, 4) is 0 Å². The predicted octanol–water partition coefficient (Wildman–Crippen LogP) is 14.4. The molecule has 8 rings (SSSR count). The molecule has 0 N–H and O–H groups in total. The molecule has 0 aromatic rings. The first-order chi connectivity index (χ1) is 23.8. The summed E-state index contributed by atoms with van der Waals surface area (Å²) >= 11 is 0. The summed E-state index contributed by atoms with van der Waals surface area (Å²) in [5.41, 5.74) is 0.628. The molecule has 17 atom stereocenters. The molecule has 0 aromatic carbocycles. The van der Waals surface area contributed by atoms with Crippen LogP contribution in [0.4, 0.5) is 0 Å². The van der Waals surface area contributed by atoms with E-state index in [0.29, 0.717) is 5.41 Å². The van der Waals surface area contributed by atoms with Crippen molar-refractivity contribution >= 4 is 0 Å². The van der Waals surface area contributed by atoms with Gasteiger partial charge in [0.15, 0.2) is 0 Å². The highest BCUT2D eigenvalue weighted by molar-refractivity contribution is 5.20. The van der Waals surface area contributed by atoms with E-state index in [-0.39, 0.29) is 0 Å². The van der Waals surface area contributed by atoms with Gasteiger partial charge in [0.05, 0.1) is 0 Å². The minimum absolute atomic E-state index is 0.628. The second kappa shape index (κ2) is 14.3. The first kappa shape index (κ1) is 36.0. The third-order valence-electron chi connectivity index (χ3n) is 20.2. The summed E-state index contributed by atoms with van der Waals surface area (Å²) in [6.07, 6.45) is 31.4. The lowest BCUT2D eigenvalue weighted by Crippen LogP contribution is -2.56. The quantitative estimate of drug-likeness (QED) is 0.241. The summed E-state index contributed by atoms with van der Waals surface area (Å²) in [7, 11) is 0. The standard InChI is InChI=1S/C49H84/c1-9-31(10-2)37-26-42(32(11-3)12-4)48(30(7)8)49(28-37)43-22-21-35-24-36-23-33-17-13-14-18-34(33)25-41(36)45(35)47(43)46-39-20-16-15-19-38(39)40(29(5)6)27-44(46)49/h29-48H,9-28H2,1-8H3. The molecule has 49 heavy (non-hydrogen) atoms. The van der Waals surface area contributed by atoms with Crippen LogP contribution in [-0.2, 0) is 0 Å². The molecule has 280 valence electrons. The first-order valence-electron chi connectivity index (χ1n) is 23.8. The minimum atomic E-state index is 0.628. The largest absolute Gasteiger partial charge is 0.0651 e. The van der Waals surface area contributed by atoms with E-state index in [9.17, 15) is 0 Å². The van der Waals surface area contributed by atoms with E-state index in [1.807, 2.05) is 0 Å². The van der Waals surface area contributed by atoms with E-state index in [1.54, 1.807) is 103 Å². The molecule has 17 unspecified atom stereocenters. The Bertz CT molecular complexity index is 1090. The molecule has 8 saturated carbocycles. The summed E-state index contributed by atoms with van der Waals surface area (Å²) in [6, 6.07) is 0. The molecule has 0 nitrogen and oxygen atoms in total. The zero-order chi connectivity index (χ0) is 34.2. The molecule has 8 aliphatic rings. The zero-order valence-electron chi connectivity index (χ0n) is 34.2. The van der Waals surface area contributed by atoms with Crippen LogP contribution in [0, 0.1) is 124 Å². The van der Waals surface area contributed by atoms with Gasteiger partial charge in [-0.15, -0.1) is 0 Å². The van der Waals surface area contributed by atoms with Crippen molar-refractivity contribution in [2.24, 2.45) is 124 Å². The molecule has 0 heteroatoms. The molecular formula is C49H84. The minimum Gasteiger partial charge on any atom is -0.0651 e. The third-order valence-corrected chi connectivity index (χ3v) is 20.2. The van der Waals surface area contributed by atoms with Gasteiger partial charge < -0.3 is 0 Å². The smallest absolute Gasteiger partial charge is 0.0199 e. The van der Waals surface area contributed by atoms with Crippen LogP contribution < -0.4 is 0 Å². The van der Waals surface area contributed by atoms with E-state index in [1.165, 1.54) is 25.7 Å². The maximum Gasteiger partial charge on any atom is -0.0199 e. The fourth-order valence-corrected chi connectivity index (χ4v) is 19.0. The normalized spacial score (nSPS) is 50.7. The van der Waals surface area contributed by atoms with Gasteiger partial charge in [-0.2, -0.15) is 0 Å². The van der Waals surface area contributed by atoms with Crippen molar-refractivity contribution in [3.63, 3.8) is 0 Å². The Balaban J connectivity index is 1.29. The highest BCUT2D eigenvalue weighted by Crippen LogP contribution is 2.78. The fourth-order valence-electron chi connectivity index (χ4n) is 19.0. The van der Waals surface area contributed by atoms with E-state index < -0.39 is 0 Å². The Morgan fingerprint density at radius 3 is 1.76 bits per heavy atom. The van der Waals surface area contributed by atoms with Crippen LogP contribution in [0.3, 0.4) is 0 Å². The van der Waals surface area contributed by atoms with Gasteiger partial charge in [-0.05, 0) is 188 Å². The number of fused-ring (bicyclic) bond motifs is 12. The van der Waals surface area contributed by atoms with E-state index in [4.69, 9.17) is 0 Å². The molecule has 8 aliphatic carbocycles. The Hall–Kier alpha value is 0. The van der Waals surface area contributed by atoms with E-state index >= 15 is 0 Å². The average molecular weight is 673 g/mol. The van der Waals surface area contributed by atoms with Gasteiger partial charge in [-0.25, -0.2) is 0 Å². The summed E-state index contributed by atoms with van der Waals surface area (Å²) < 4.78 is 0. The molecule has 8 fully saturated rings. The fraction of sp³-hybridized carbons (Fsp3) is 1.00. The Labute approximate surface area is 306 Å². The number of hydrogen-bond donors (Lipinski definition) is 0. The van der Waals surface area contributed by atoms with Crippen LogP contribution in [0.1, 0.15) is 184 Å². The van der Waals surface area contributed by atoms with Gasteiger partial charge >= 0.3 is 0 Å². The Morgan fingerprint density at radius 1 is 0.469 bits per heavy atom. The summed E-state index contributed by atoms with van der Waals surface area (Å²) in [4.78, 5) is 0. The maximum atomic E-state index is 2.76. The summed E-state index contributed by atoms with van der Waals surface area (Å²) in [5, 5.41) is 0. The SMILES string of the molecule is CCC(CC)C1CC(C(CC)CC)C(C(C)C)C2(C1)C1CC(C(C)C)C3CCCCC3C1C1C3C(CCC12)CC1CC2CCCCC2CC13. The van der Waals surface area contributed by atoms with Crippen molar-refractivity contribution in [2.45, 2.75) is 184 Å². The lowest BCUT2D eigenvalue weighted by molar-refractivity contribution is -0.138. The molecule has 0 amide bonds. The second-order valence-corrected chi connectivity index (χ2v) is 21.9. The van der Waals surface area contributed by atoms with Crippen LogP contribution >= 0.6 is 0 Å². The van der Waals surface area contributed by atoms with Crippen LogP contribution in [0.5, 0.6) is 0 Å². The first-order valence-corrected chi connectivity index (χ1v) is 23.8. The molecule has 0 saturated heterocycles. The number of hydrogen-bond acceptors (Lipinski definition) is 0. The second-order valence-electron chi connectivity index (χ2n) is 21.9. The lowest BCUT2D eigenvalue weighted by atomic mass is 9.43. The van der Waals surface area contributed by atoms with Crippen molar-refractivity contribution < 1.29 is 0 Å². The van der Waals surface area contributed by atoms with Gasteiger partial charge in [-0.1, -0.05) is 120 Å². The zero-order valence-corrected chi connectivity index (χ0v) is 34.2.